The molecule has 0 saturated heterocycles. The molecule has 13 heavy (non-hydrogen) atoms. The molecule has 0 aromatic carbocycles. The van der Waals surface area contributed by atoms with Gasteiger partial charge in [-0.15, -0.1) is 0 Å². The van der Waals surface area contributed by atoms with Crippen molar-refractivity contribution in [1.82, 2.24) is 0 Å². The first kappa shape index (κ1) is 13.7. The molecule has 2 heteroatoms. The summed E-state index contributed by atoms with van der Waals surface area (Å²) in [5.41, 5.74) is 0. The maximum Gasteiger partial charge on any atom is 0.00272 e. The summed E-state index contributed by atoms with van der Waals surface area (Å²) in [5.74, 6) is 0. The molecule has 0 bridgehead atoms. The molecule has 0 aliphatic rings. The van der Waals surface area contributed by atoms with Crippen LogP contribution in [-0.4, -0.2) is 10.5 Å². The zero-order valence-electron chi connectivity index (χ0n) is 9.00. The summed E-state index contributed by atoms with van der Waals surface area (Å²) in [7, 11) is 0. The largest absolute Gasteiger partial charge is 0.176 e. The van der Waals surface area contributed by atoms with E-state index >= 15 is 0 Å². The minimum atomic E-state index is 0.569. The molecule has 2 unspecified atom stereocenters. The second-order valence-electron chi connectivity index (χ2n) is 3.83. The molecule has 0 heterocycles. The Bertz CT molecular complexity index is 92.3. The molecule has 0 N–H and O–H groups in total. The van der Waals surface area contributed by atoms with Crippen LogP contribution >= 0.6 is 25.3 Å². The van der Waals surface area contributed by atoms with Gasteiger partial charge in [0.1, 0.15) is 0 Å². The average molecular weight is 220 g/mol. The molecule has 0 rings (SSSR count). The van der Waals surface area contributed by atoms with Crippen molar-refractivity contribution in [2.75, 3.05) is 0 Å². The molecule has 0 nitrogen and oxygen atoms in total. The van der Waals surface area contributed by atoms with Gasteiger partial charge in [0.15, 0.2) is 0 Å². The summed E-state index contributed by atoms with van der Waals surface area (Å²) < 4.78 is 0. The molecule has 0 fully saturated rings. The molecular weight excluding hydrogens is 196 g/mol. The Hall–Kier alpha value is 0.700. The monoisotopic (exact) mass is 220 g/mol. The molecule has 0 aliphatic heterocycles. The van der Waals surface area contributed by atoms with Crippen LogP contribution in [0.25, 0.3) is 0 Å². The lowest BCUT2D eigenvalue weighted by molar-refractivity contribution is 0.598. The third kappa shape index (κ3) is 9.01. The van der Waals surface area contributed by atoms with Crippen molar-refractivity contribution >= 4 is 25.3 Å². The zero-order valence-corrected chi connectivity index (χ0v) is 10.8. The first-order chi connectivity index (χ1) is 6.20. The Morgan fingerprint density at radius 1 is 0.846 bits per heavy atom. The average Bonchev–Trinajstić information content (AvgIpc) is 2.11. The van der Waals surface area contributed by atoms with Crippen LogP contribution in [0.2, 0.25) is 0 Å². The van der Waals surface area contributed by atoms with Gasteiger partial charge in [-0.05, 0) is 19.3 Å². The van der Waals surface area contributed by atoms with Gasteiger partial charge in [-0.2, -0.15) is 25.3 Å². The topological polar surface area (TPSA) is 0 Å². The molecule has 0 spiro atoms. The Morgan fingerprint density at radius 2 is 1.23 bits per heavy atom. The minimum absolute atomic E-state index is 0.569. The molecule has 2 atom stereocenters. The van der Waals surface area contributed by atoms with E-state index in [-0.39, 0.29) is 0 Å². The summed E-state index contributed by atoms with van der Waals surface area (Å²) in [6.07, 6.45) is 8.86. The predicted molar refractivity (Wildman–Crippen MR) is 69.2 cm³/mol. The Morgan fingerprint density at radius 3 is 1.54 bits per heavy atom. The zero-order chi connectivity index (χ0) is 10.1. The van der Waals surface area contributed by atoms with Crippen molar-refractivity contribution in [2.45, 2.75) is 69.3 Å². The van der Waals surface area contributed by atoms with Gasteiger partial charge in [0.25, 0.3) is 0 Å². The van der Waals surface area contributed by atoms with Gasteiger partial charge < -0.3 is 0 Å². The number of rotatable bonds is 8. The lowest BCUT2D eigenvalue weighted by Crippen LogP contribution is -2.08. The highest BCUT2D eigenvalue weighted by Crippen LogP contribution is 2.19. The van der Waals surface area contributed by atoms with Crippen LogP contribution < -0.4 is 0 Å². The molecule has 80 valence electrons. The van der Waals surface area contributed by atoms with Crippen molar-refractivity contribution in [3.05, 3.63) is 0 Å². The van der Waals surface area contributed by atoms with Crippen LogP contribution in [0.15, 0.2) is 0 Å². The summed E-state index contributed by atoms with van der Waals surface area (Å²) >= 11 is 9.15. The van der Waals surface area contributed by atoms with Crippen molar-refractivity contribution in [3.63, 3.8) is 0 Å². The van der Waals surface area contributed by atoms with E-state index in [1.54, 1.807) is 0 Å². The van der Waals surface area contributed by atoms with Crippen LogP contribution in [0.1, 0.15) is 58.8 Å². The minimum Gasteiger partial charge on any atom is -0.176 e. The second kappa shape index (κ2) is 9.26. The van der Waals surface area contributed by atoms with E-state index in [1.807, 2.05) is 0 Å². The summed E-state index contributed by atoms with van der Waals surface area (Å²) in [4.78, 5) is 0. The Kier molecular flexibility index (Phi) is 9.76. The van der Waals surface area contributed by atoms with E-state index in [4.69, 9.17) is 0 Å². The van der Waals surface area contributed by atoms with Gasteiger partial charge in [-0.25, -0.2) is 0 Å². The smallest absolute Gasteiger partial charge is 0.00272 e. The van der Waals surface area contributed by atoms with Crippen molar-refractivity contribution in [2.24, 2.45) is 0 Å². The quantitative estimate of drug-likeness (QED) is 0.558. The van der Waals surface area contributed by atoms with E-state index < -0.39 is 0 Å². The molecule has 0 saturated carbocycles. The fourth-order valence-corrected chi connectivity index (χ4v) is 2.47. The first-order valence-corrected chi connectivity index (χ1v) is 6.60. The highest BCUT2D eigenvalue weighted by Gasteiger charge is 2.08. The predicted octanol–water partition coefficient (Wildman–Crippen LogP) is 4.35. The molecule has 0 aromatic rings. The van der Waals surface area contributed by atoms with E-state index in [0.29, 0.717) is 10.5 Å². The van der Waals surface area contributed by atoms with Gasteiger partial charge in [-0.1, -0.05) is 39.5 Å². The number of unbranched alkanes of at least 4 members (excludes halogenated alkanes) is 2. The molecular formula is C11H24S2. The SMILES string of the molecule is CCCCC(S)CC(S)CCCC. The first-order valence-electron chi connectivity index (χ1n) is 5.56. The molecule has 0 amide bonds. The summed E-state index contributed by atoms with van der Waals surface area (Å²) in [6.45, 7) is 4.46. The maximum atomic E-state index is 4.58. The van der Waals surface area contributed by atoms with Gasteiger partial charge in [0.05, 0.1) is 0 Å². The summed E-state index contributed by atoms with van der Waals surface area (Å²) in [6, 6.07) is 0. The fourth-order valence-electron chi connectivity index (χ4n) is 1.43. The standard InChI is InChI=1S/C11H24S2/c1-3-5-7-10(12)9-11(13)8-6-4-2/h10-13H,3-9H2,1-2H3. The molecule has 0 radical (unpaired) electrons. The normalized spacial score (nSPS) is 15.7. The number of thiol groups is 2. The van der Waals surface area contributed by atoms with Crippen LogP contribution in [0.3, 0.4) is 0 Å². The Balaban J connectivity index is 3.35. The van der Waals surface area contributed by atoms with Crippen LogP contribution in [0.5, 0.6) is 0 Å². The van der Waals surface area contributed by atoms with Crippen LogP contribution in [-0.2, 0) is 0 Å². The lowest BCUT2D eigenvalue weighted by Gasteiger charge is -2.15. The fraction of sp³-hybridized carbons (Fsp3) is 1.00. The van der Waals surface area contributed by atoms with E-state index in [0.717, 1.165) is 0 Å². The van der Waals surface area contributed by atoms with Crippen molar-refractivity contribution in [3.8, 4) is 0 Å². The molecule has 0 aromatic heterocycles. The van der Waals surface area contributed by atoms with Gasteiger partial charge in [0, 0.05) is 10.5 Å². The lowest BCUT2D eigenvalue weighted by atomic mass is 10.1. The van der Waals surface area contributed by atoms with Crippen LogP contribution in [0, 0.1) is 0 Å². The highest BCUT2D eigenvalue weighted by molar-refractivity contribution is 7.81. The van der Waals surface area contributed by atoms with Gasteiger partial charge >= 0.3 is 0 Å². The van der Waals surface area contributed by atoms with E-state index in [2.05, 4.69) is 39.1 Å². The second-order valence-corrected chi connectivity index (χ2v) is 5.29. The summed E-state index contributed by atoms with van der Waals surface area (Å²) in [5, 5.41) is 1.14. The van der Waals surface area contributed by atoms with Gasteiger partial charge in [0.2, 0.25) is 0 Å². The number of hydrogen-bond acceptors (Lipinski definition) is 2. The molecule has 0 aliphatic carbocycles. The number of hydrogen-bond donors (Lipinski definition) is 2. The van der Waals surface area contributed by atoms with Gasteiger partial charge in [-0.3, -0.25) is 0 Å². The van der Waals surface area contributed by atoms with Crippen LogP contribution in [0.4, 0.5) is 0 Å². The Labute approximate surface area is 94.7 Å². The van der Waals surface area contributed by atoms with Crippen molar-refractivity contribution < 1.29 is 0 Å². The van der Waals surface area contributed by atoms with E-state index in [9.17, 15) is 0 Å². The maximum absolute atomic E-state index is 4.58. The van der Waals surface area contributed by atoms with Crippen molar-refractivity contribution in [1.29, 1.82) is 0 Å². The highest BCUT2D eigenvalue weighted by atomic mass is 32.1. The third-order valence-corrected chi connectivity index (χ3v) is 3.26. The van der Waals surface area contributed by atoms with E-state index in [1.165, 1.54) is 44.9 Å². The third-order valence-electron chi connectivity index (χ3n) is 2.33.